The Labute approximate surface area is 62.5 Å². The SMILES string of the molecule is CC1CCCS(=O)(=O)C1C. The highest BCUT2D eigenvalue weighted by atomic mass is 32.2. The third-order valence-corrected chi connectivity index (χ3v) is 4.91. The summed E-state index contributed by atoms with van der Waals surface area (Å²) in [5.74, 6) is 0.761. The van der Waals surface area contributed by atoms with E-state index in [1.807, 2.05) is 13.8 Å². The maximum absolute atomic E-state index is 11.2. The second-order valence-electron chi connectivity index (χ2n) is 3.19. The fraction of sp³-hybridized carbons (Fsp3) is 1.00. The van der Waals surface area contributed by atoms with Crippen LogP contribution in [0.3, 0.4) is 0 Å². The van der Waals surface area contributed by atoms with Crippen LogP contribution in [-0.2, 0) is 9.84 Å². The van der Waals surface area contributed by atoms with Crippen LogP contribution in [0.5, 0.6) is 0 Å². The number of hydrogen-bond acceptors (Lipinski definition) is 2. The maximum Gasteiger partial charge on any atom is 0.153 e. The summed E-state index contributed by atoms with van der Waals surface area (Å²) in [6.07, 6.45) is 1.92. The van der Waals surface area contributed by atoms with E-state index < -0.39 is 9.84 Å². The van der Waals surface area contributed by atoms with E-state index in [4.69, 9.17) is 0 Å². The Balaban J connectivity index is 2.80. The van der Waals surface area contributed by atoms with E-state index in [0.717, 1.165) is 12.8 Å². The summed E-state index contributed by atoms with van der Waals surface area (Å²) in [5, 5.41) is -0.110. The number of sulfone groups is 1. The molecule has 0 aromatic rings. The molecule has 1 heterocycles. The average molecular weight is 162 g/mol. The van der Waals surface area contributed by atoms with Crippen LogP contribution in [-0.4, -0.2) is 19.4 Å². The monoisotopic (exact) mass is 162 g/mol. The molecule has 10 heavy (non-hydrogen) atoms. The van der Waals surface area contributed by atoms with Gasteiger partial charge in [-0.2, -0.15) is 0 Å². The predicted molar refractivity (Wildman–Crippen MR) is 41.6 cm³/mol. The largest absolute Gasteiger partial charge is 0.229 e. The predicted octanol–water partition coefficient (Wildman–Crippen LogP) is 1.22. The summed E-state index contributed by atoms with van der Waals surface area (Å²) in [4.78, 5) is 0. The Morgan fingerprint density at radius 3 is 2.30 bits per heavy atom. The summed E-state index contributed by atoms with van der Waals surface area (Å²) in [7, 11) is -2.71. The van der Waals surface area contributed by atoms with Gasteiger partial charge in [0.25, 0.3) is 0 Å². The minimum Gasteiger partial charge on any atom is -0.229 e. The van der Waals surface area contributed by atoms with E-state index >= 15 is 0 Å². The first-order valence-corrected chi connectivity index (χ1v) is 5.47. The quantitative estimate of drug-likeness (QED) is 0.536. The smallest absolute Gasteiger partial charge is 0.153 e. The Kier molecular flexibility index (Phi) is 2.04. The summed E-state index contributed by atoms with van der Waals surface area (Å²) in [5.41, 5.74) is 0. The van der Waals surface area contributed by atoms with Crippen molar-refractivity contribution in [2.45, 2.75) is 31.9 Å². The lowest BCUT2D eigenvalue weighted by Gasteiger charge is -2.24. The Morgan fingerprint density at radius 1 is 1.30 bits per heavy atom. The minimum absolute atomic E-state index is 0.110. The molecule has 1 aliphatic rings. The van der Waals surface area contributed by atoms with Crippen LogP contribution in [0.15, 0.2) is 0 Å². The topological polar surface area (TPSA) is 34.1 Å². The van der Waals surface area contributed by atoms with Gasteiger partial charge in [-0.3, -0.25) is 0 Å². The van der Waals surface area contributed by atoms with Crippen molar-refractivity contribution in [2.24, 2.45) is 5.92 Å². The van der Waals surface area contributed by atoms with Crippen LogP contribution in [0, 0.1) is 5.92 Å². The molecule has 1 saturated heterocycles. The Bertz CT molecular complexity index is 206. The molecule has 1 fully saturated rings. The number of rotatable bonds is 0. The molecule has 0 aliphatic carbocycles. The molecular formula is C7H14O2S. The zero-order valence-corrected chi connectivity index (χ0v) is 7.32. The van der Waals surface area contributed by atoms with Gasteiger partial charge in [0.15, 0.2) is 9.84 Å². The third-order valence-electron chi connectivity index (χ3n) is 2.46. The van der Waals surface area contributed by atoms with Crippen molar-refractivity contribution in [3.63, 3.8) is 0 Å². The van der Waals surface area contributed by atoms with Crippen molar-refractivity contribution in [2.75, 3.05) is 5.75 Å². The normalized spacial score (nSPS) is 39.4. The van der Waals surface area contributed by atoms with Crippen molar-refractivity contribution < 1.29 is 8.42 Å². The summed E-state index contributed by atoms with van der Waals surface area (Å²) in [6.45, 7) is 3.83. The standard InChI is InChI=1S/C7H14O2S/c1-6-4-3-5-10(8,9)7(6)2/h6-7H,3-5H2,1-2H3. The fourth-order valence-electron chi connectivity index (χ4n) is 1.38. The molecule has 0 amide bonds. The van der Waals surface area contributed by atoms with Gasteiger partial charge < -0.3 is 0 Å². The van der Waals surface area contributed by atoms with Crippen LogP contribution in [0.4, 0.5) is 0 Å². The first-order valence-electron chi connectivity index (χ1n) is 3.75. The van der Waals surface area contributed by atoms with E-state index in [1.165, 1.54) is 0 Å². The van der Waals surface area contributed by atoms with Gasteiger partial charge in [-0.25, -0.2) is 8.42 Å². The molecule has 0 bridgehead atoms. The van der Waals surface area contributed by atoms with Gasteiger partial charge in [0.05, 0.1) is 11.0 Å². The minimum atomic E-state index is -2.71. The van der Waals surface area contributed by atoms with Crippen LogP contribution < -0.4 is 0 Å². The molecule has 0 saturated carbocycles. The van der Waals surface area contributed by atoms with Crippen molar-refractivity contribution in [1.29, 1.82) is 0 Å². The third kappa shape index (κ3) is 1.34. The highest BCUT2D eigenvalue weighted by Crippen LogP contribution is 2.24. The second-order valence-corrected chi connectivity index (χ2v) is 5.67. The Morgan fingerprint density at radius 2 is 1.90 bits per heavy atom. The van der Waals surface area contributed by atoms with Gasteiger partial charge in [-0.15, -0.1) is 0 Å². The van der Waals surface area contributed by atoms with E-state index in [2.05, 4.69) is 0 Å². The van der Waals surface area contributed by atoms with Crippen molar-refractivity contribution in [3.05, 3.63) is 0 Å². The molecule has 3 heteroatoms. The Hall–Kier alpha value is -0.0500. The van der Waals surface area contributed by atoms with Gasteiger partial charge in [0, 0.05) is 0 Å². The van der Waals surface area contributed by atoms with E-state index in [0.29, 0.717) is 11.7 Å². The summed E-state index contributed by atoms with van der Waals surface area (Å²) in [6, 6.07) is 0. The molecule has 60 valence electrons. The van der Waals surface area contributed by atoms with E-state index in [-0.39, 0.29) is 5.25 Å². The molecule has 2 unspecified atom stereocenters. The molecule has 0 N–H and O–H groups in total. The first kappa shape index (κ1) is 8.05. The lowest BCUT2D eigenvalue weighted by atomic mass is 10.0. The summed E-state index contributed by atoms with van der Waals surface area (Å²) < 4.78 is 22.4. The first-order chi connectivity index (χ1) is 4.54. The van der Waals surface area contributed by atoms with Gasteiger partial charge in [0.1, 0.15) is 0 Å². The van der Waals surface area contributed by atoms with E-state index in [1.54, 1.807) is 0 Å². The highest BCUT2D eigenvalue weighted by molar-refractivity contribution is 7.92. The van der Waals surface area contributed by atoms with Crippen molar-refractivity contribution >= 4 is 9.84 Å². The molecule has 0 aromatic carbocycles. The summed E-state index contributed by atoms with van der Waals surface area (Å²) >= 11 is 0. The van der Waals surface area contributed by atoms with Crippen LogP contribution >= 0.6 is 0 Å². The molecule has 0 radical (unpaired) electrons. The highest BCUT2D eigenvalue weighted by Gasteiger charge is 2.29. The molecule has 0 spiro atoms. The van der Waals surface area contributed by atoms with Crippen LogP contribution in [0.1, 0.15) is 26.7 Å². The van der Waals surface area contributed by atoms with Gasteiger partial charge in [0.2, 0.25) is 0 Å². The molecule has 2 nitrogen and oxygen atoms in total. The van der Waals surface area contributed by atoms with E-state index in [9.17, 15) is 8.42 Å². The van der Waals surface area contributed by atoms with Crippen LogP contribution in [0.2, 0.25) is 0 Å². The number of hydrogen-bond donors (Lipinski definition) is 0. The molecule has 2 atom stereocenters. The van der Waals surface area contributed by atoms with Gasteiger partial charge in [-0.05, 0) is 25.7 Å². The fourth-order valence-corrected chi connectivity index (χ4v) is 3.17. The van der Waals surface area contributed by atoms with Gasteiger partial charge >= 0.3 is 0 Å². The molecule has 0 aromatic heterocycles. The zero-order chi connectivity index (χ0) is 7.78. The van der Waals surface area contributed by atoms with Crippen molar-refractivity contribution in [3.8, 4) is 0 Å². The van der Waals surface area contributed by atoms with Crippen molar-refractivity contribution in [1.82, 2.24) is 0 Å². The zero-order valence-electron chi connectivity index (χ0n) is 6.50. The second kappa shape index (κ2) is 2.53. The molecule has 1 aliphatic heterocycles. The average Bonchev–Trinajstić information content (AvgIpc) is 1.83. The lowest BCUT2D eigenvalue weighted by Crippen LogP contribution is -2.32. The van der Waals surface area contributed by atoms with Gasteiger partial charge in [-0.1, -0.05) is 6.92 Å². The van der Waals surface area contributed by atoms with Crippen LogP contribution in [0.25, 0.3) is 0 Å². The molecule has 1 rings (SSSR count). The maximum atomic E-state index is 11.2. The lowest BCUT2D eigenvalue weighted by molar-refractivity contribution is 0.461. The molecular weight excluding hydrogens is 148 g/mol.